The van der Waals surface area contributed by atoms with Crippen LogP contribution in [0.2, 0.25) is 0 Å². The lowest BCUT2D eigenvalue weighted by Gasteiger charge is -2.14. The highest BCUT2D eigenvalue weighted by Crippen LogP contribution is 2.34. The van der Waals surface area contributed by atoms with E-state index in [9.17, 15) is 22.8 Å². The van der Waals surface area contributed by atoms with E-state index >= 15 is 0 Å². The van der Waals surface area contributed by atoms with E-state index in [0.29, 0.717) is 11.0 Å². The van der Waals surface area contributed by atoms with Gasteiger partial charge in [-0.2, -0.15) is 13.2 Å². The van der Waals surface area contributed by atoms with E-state index in [1.54, 1.807) is 24.3 Å². The van der Waals surface area contributed by atoms with Gasteiger partial charge in [-0.1, -0.05) is 30.3 Å². The zero-order valence-corrected chi connectivity index (χ0v) is 12.6. The summed E-state index contributed by atoms with van der Waals surface area (Å²) in [4.78, 5) is 24.0. The predicted molar refractivity (Wildman–Crippen MR) is 85.0 cm³/mol. The van der Waals surface area contributed by atoms with Gasteiger partial charge in [0.25, 0.3) is 5.91 Å². The molecule has 0 atom stereocenters. The molecule has 0 unspecified atom stereocenters. The van der Waals surface area contributed by atoms with Crippen LogP contribution in [0.3, 0.4) is 0 Å². The maximum atomic E-state index is 12.9. The Labute approximate surface area is 139 Å². The number of hydrazine groups is 1. The van der Waals surface area contributed by atoms with Gasteiger partial charge < -0.3 is 4.42 Å². The smallest absolute Gasteiger partial charge is 0.418 e. The van der Waals surface area contributed by atoms with Crippen molar-refractivity contribution >= 4 is 22.6 Å². The van der Waals surface area contributed by atoms with Gasteiger partial charge in [-0.05, 0) is 24.3 Å². The lowest BCUT2D eigenvalue weighted by molar-refractivity contribution is -0.137. The first-order valence-corrected chi connectivity index (χ1v) is 7.12. The first kappa shape index (κ1) is 16.6. The number of rotatable bonds is 3. The van der Waals surface area contributed by atoms with E-state index in [1.807, 2.05) is 0 Å². The van der Waals surface area contributed by atoms with Gasteiger partial charge in [0.2, 0.25) is 0 Å². The number of hydrogen-bond acceptors (Lipinski definition) is 4. The summed E-state index contributed by atoms with van der Waals surface area (Å²) in [6.07, 6.45) is -4.59. The fourth-order valence-electron chi connectivity index (χ4n) is 2.25. The lowest BCUT2D eigenvalue weighted by Crippen LogP contribution is -2.33. The minimum Gasteiger partial charge on any atom is -0.422 e. The van der Waals surface area contributed by atoms with Gasteiger partial charge >= 0.3 is 11.8 Å². The Morgan fingerprint density at radius 2 is 1.68 bits per heavy atom. The molecule has 3 aromatic rings. The number of alkyl halides is 3. The van der Waals surface area contributed by atoms with Crippen LogP contribution >= 0.6 is 0 Å². The first-order valence-electron chi connectivity index (χ1n) is 7.12. The molecule has 0 spiro atoms. The van der Waals surface area contributed by atoms with Crippen LogP contribution < -0.4 is 16.5 Å². The van der Waals surface area contributed by atoms with Gasteiger partial charge in [-0.3, -0.25) is 15.6 Å². The van der Waals surface area contributed by atoms with Crippen molar-refractivity contribution in [3.63, 3.8) is 0 Å². The summed E-state index contributed by atoms with van der Waals surface area (Å²) in [5.41, 5.74) is 2.09. The van der Waals surface area contributed by atoms with Gasteiger partial charge in [0.05, 0.1) is 11.3 Å². The number of fused-ring (bicyclic) bond motifs is 1. The van der Waals surface area contributed by atoms with Crippen LogP contribution in [0.5, 0.6) is 0 Å². The van der Waals surface area contributed by atoms with Crippen molar-refractivity contribution < 1.29 is 22.4 Å². The van der Waals surface area contributed by atoms with Gasteiger partial charge in [-0.15, -0.1) is 0 Å². The van der Waals surface area contributed by atoms with Crippen LogP contribution in [0, 0.1) is 0 Å². The normalized spacial score (nSPS) is 11.3. The molecule has 2 aromatic carbocycles. The van der Waals surface area contributed by atoms with Crippen LogP contribution in [0.4, 0.5) is 18.9 Å². The fourth-order valence-corrected chi connectivity index (χ4v) is 2.25. The molecule has 0 bridgehead atoms. The molecular formula is C17H11F3N2O3. The Morgan fingerprint density at radius 3 is 2.44 bits per heavy atom. The second-order valence-electron chi connectivity index (χ2n) is 5.11. The van der Waals surface area contributed by atoms with Crippen LogP contribution in [0.15, 0.2) is 63.8 Å². The van der Waals surface area contributed by atoms with E-state index in [4.69, 9.17) is 4.42 Å². The third-order valence-electron chi connectivity index (χ3n) is 3.43. The number of halogens is 3. The molecule has 0 radical (unpaired) electrons. The number of carbonyl (C=O) groups is 1. The molecule has 0 fully saturated rings. The predicted octanol–water partition coefficient (Wildman–Crippen LogP) is 3.57. The van der Waals surface area contributed by atoms with E-state index in [2.05, 4.69) is 10.9 Å². The summed E-state index contributed by atoms with van der Waals surface area (Å²) in [6.45, 7) is 0. The average Bonchev–Trinajstić information content (AvgIpc) is 2.58. The molecule has 2 N–H and O–H groups in total. The van der Waals surface area contributed by atoms with Crippen molar-refractivity contribution in [2.75, 3.05) is 5.43 Å². The molecule has 8 heteroatoms. The fraction of sp³-hybridized carbons (Fsp3) is 0.0588. The summed E-state index contributed by atoms with van der Waals surface area (Å²) in [5, 5.41) is 0.517. The molecule has 5 nitrogen and oxygen atoms in total. The van der Waals surface area contributed by atoms with Crippen LogP contribution in [-0.2, 0) is 6.18 Å². The third kappa shape index (κ3) is 3.47. The highest BCUT2D eigenvalue weighted by atomic mass is 19.4. The number of amides is 1. The molecule has 1 aromatic heterocycles. The number of carbonyl (C=O) groups excluding carboxylic acids is 1. The molecule has 128 valence electrons. The van der Waals surface area contributed by atoms with E-state index < -0.39 is 23.3 Å². The first-order chi connectivity index (χ1) is 11.9. The molecule has 0 saturated carbocycles. The molecule has 3 rings (SSSR count). The summed E-state index contributed by atoms with van der Waals surface area (Å²) in [7, 11) is 0. The van der Waals surface area contributed by atoms with Crippen LogP contribution in [0.1, 0.15) is 15.9 Å². The molecule has 1 amide bonds. The Bertz CT molecular complexity index is 996. The van der Waals surface area contributed by atoms with Gasteiger partial charge in [-0.25, -0.2) is 4.79 Å². The van der Waals surface area contributed by atoms with Crippen molar-refractivity contribution in [2.24, 2.45) is 0 Å². The maximum absolute atomic E-state index is 12.9. The molecule has 0 saturated heterocycles. The molecule has 0 aliphatic rings. The largest absolute Gasteiger partial charge is 0.422 e. The highest BCUT2D eigenvalue weighted by molar-refractivity contribution is 5.97. The summed E-state index contributed by atoms with van der Waals surface area (Å²) in [6, 6.07) is 12.5. The van der Waals surface area contributed by atoms with Crippen molar-refractivity contribution in [1.82, 2.24) is 5.43 Å². The Balaban J connectivity index is 1.85. The molecular weight excluding hydrogens is 337 g/mol. The number of nitrogens with one attached hydrogen (secondary N) is 2. The second-order valence-corrected chi connectivity index (χ2v) is 5.11. The van der Waals surface area contributed by atoms with Gasteiger partial charge in [0, 0.05) is 5.39 Å². The van der Waals surface area contributed by atoms with Crippen molar-refractivity contribution in [3.8, 4) is 0 Å². The zero-order valence-electron chi connectivity index (χ0n) is 12.6. The SMILES string of the molecule is O=C(NNc1ccccc1C(F)(F)F)c1cc2ccccc2oc1=O. The van der Waals surface area contributed by atoms with Crippen molar-refractivity contribution in [1.29, 1.82) is 0 Å². The Morgan fingerprint density at radius 1 is 1.00 bits per heavy atom. The average molecular weight is 348 g/mol. The number of anilines is 1. The molecule has 0 aliphatic carbocycles. The Kier molecular flexibility index (Phi) is 4.18. The quantitative estimate of drug-likeness (QED) is 0.561. The van der Waals surface area contributed by atoms with Crippen LogP contribution in [0.25, 0.3) is 11.0 Å². The minimum absolute atomic E-state index is 0.305. The standard InChI is InChI=1S/C17H11F3N2O3/c18-17(19,20)12-6-2-3-7-13(12)21-22-15(23)11-9-10-5-1-4-8-14(10)25-16(11)24/h1-9,21H,(H,22,23). The molecule has 1 heterocycles. The topological polar surface area (TPSA) is 71.3 Å². The lowest BCUT2D eigenvalue weighted by atomic mass is 10.1. The van der Waals surface area contributed by atoms with Crippen molar-refractivity contribution in [3.05, 3.63) is 76.1 Å². The summed E-state index contributed by atoms with van der Waals surface area (Å²) >= 11 is 0. The monoisotopic (exact) mass is 348 g/mol. The summed E-state index contributed by atoms with van der Waals surface area (Å²) < 4.78 is 43.8. The van der Waals surface area contributed by atoms with Gasteiger partial charge in [0.15, 0.2) is 0 Å². The highest BCUT2D eigenvalue weighted by Gasteiger charge is 2.33. The number of para-hydroxylation sites is 2. The van der Waals surface area contributed by atoms with Crippen molar-refractivity contribution in [2.45, 2.75) is 6.18 Å². The minimum atomic E-state index is -4.59. The third-order valence-corrected chi connectivity index (χ3v) is 3.43. The second kappa shape index (κ2) is 6.31. The van der Waals surface area contributed by atoms with Gasteiger partial charge in [0.1, 0.15) is 11.1 Å². The van der Waals surface area contributed by atoms with Crippen LogP contribution in [-0.4, -0.2) is 5.91 Å². The summed E-state index contributed by atoms with van der Waals surface area (Å²) in [5.74, 6) is -0.906. The van der Waals surface area contributed by atoms with E-state index in [0.717, 1.165) is 12.1 Å². The molecule has 25 heavy (non-hydrogen) atoms. The van der Waals surface area contributed by atoms with E-state index in [1.165, 1.54) is 18.2 Å². The number of benzene rings is 2. The van der Waals surface area contributed by atoms with E-state index in [-0.39, 0.29) is 11.3 Å². The zero-order chi connectivity index (χ0) is 18.0. The molecule has 0 aliphatic heterocycles. The number of hydrogen-bond donors (Lipinski definition) is 2. The maximum Gasteiger partial charge on any atom is 0.418 e. The Hall–Kier alpha value is -3.29.